The lowest BCUT2D eigenvalue weighted by molar-refractivity contribution is 0.0660. The maximum Gasteiger partial charge on any atom is 0.255 e. The Morgan fingerprint density at radius 2 is 2.05 bits per heavy atom. The van der Waals surface area contributed by atoms with E-state index in [0.29, 0.717) is 6.04 Å². The minimum Gasteiger partial charge on any atom is -0.385 e. The van der Waals surface area contributed by atoms with Crippen LogP contribution in [0.5, 0.6) is 0 Å². The zero-order valence-corrected chi connectivity index (χ0v) is 13.6. The summed E-state index contributed by atoms with van der Waals surface area (Å²) in [5, 5.41) is 3.31. The number of carbonyl (C=O) groups is 1. The molecule has 1 N–H and O–H groups in total. The summed E-state index contributed by atoms with van der Waals surface area (Å²) in [6.45, 7) is 7.06. The lowest BCUT2D eigenvalue weighted by Gasteiger charge is -2.35. The highest BCUT2D eigenvalue weighted by atomic mass is 16.2. The maximum absolute atomic E-state index is 12.8. The molecule has 21 heavy (non-hydrogen) atoms. The Labute approximate surface area is 128 Å². The molecule has 1 aliphatic rings. The van der Waals surface area contributed by atoms with E-state index >= 15 is 0 Å². The molecule has 1 aromatic rings. The molecule has 0 saturated carbocycles. The zero-order chi connectivity index (χ0) is 15.4. The molecule has 1 heterocycles. The van der Waals surface area contributed by atoms with Crippen molar-refractivity contribution in [3.05, 3.63) is 29.3 Å². The molecule has 0 spiro atoms. The third-order valence-corrected chi connectivity index (χ3v) is 4.33. The van der Waals surface area contributed by atoms with Gasteiger partial charge in [-0.05, 0) is 64.5 Å². The largest absolute Gasteiger partial charge is 0.385 e. The first-order valence-electron chi connectivity index (χ1n) is 7.83. The summed E-state index contributed by atoms with van der Waals surface area (Å²) >= 11 is 0. The number of carbonyl (C=O) groups excluding carboxylic acids is 1. The van der Waals surface area contributed by atoms with Crippen LogP contribution in [0.4, 0.5) is 5.69 Å². The summed E-state index contributed by atoms with van der Waals surface area (Å²) < 4.78 is 0. The van der Waals surface area contributed by atoms with Crippen LogP contribution in [-0.4, -0.2) is 55.5 Å². The van der Waals surface area contributed by atoms with Gasteiger partial charge in [-0.3, -0.25) is 4.79 Å². The van der Waals surface area contributed by atoms with Crippen molar-refractivity contribution in [3.8, 4) is 0 Å². The van der Waals surface area contributed by atoms with E-state index in [1.165, 1.54) is 5.56 Å². The van der Waals surface area contributed by atoms with Crippen LogP contribution in [0.25, 0.3) is 0 Å². The molecule has 1 aliphatic heterocycles. The van der Waals surface area contributed by atoms with E-state index in [1.807, 2.05) is 24.1 Å². The van der Waals surface area contributed by atoms with Gasteiger partial charge in [0.25, 0.3) is 5.91 Å². The fourth-order valence-corrected chi connectivity index (χ4v) is 2.92. The van der Waals surface area contributed by atoms with Crippen molar-refractivity contribution in [2.24, 2.45) is 0 Å². The molecule has 116 valence electrons. The summed E-state index contributed by atoms with van der Waals surface area (Å²) in [5.41, 5.74) is 2.90. The number of benzene rings is 1. The van der Waals surface area contributed by atoms with Gasteiger partial charge in [0.05, 0.1) is 5.56 Å². The van der Waals surface area contributed by atoms with Crippen molar-refractivity contribution >= 4 is 11.6 Å². The van der Waals surface area contributed by atoms with Crippen molar-refractivity contribution in [3.63, 3.8) is 0 Å². The Hall–Kier alpha value is -1.55. The molecule has 1 amide bonds. The van der Waals surface area contributed by atoms with E-state index < -0.39 is 0 Å². The van der Waals surface area contributed by atoms with E-state index in [0.717, 1.165) is 43.7 Å². The number of amides is 1. The normalized spacial score (nSPS) is 16.8. The van der Waals surface area contributed by atoms with Crippen LogP contribution in [0, 0.1) is 6.92 Å². The van der Waals surface area contributed by atoms with Crippen molar-refractivity contribution in [2.45, 2.75) is 32.7 Å². The van der Waals surface area contributed by atoms with Gasteiger partial charge in [-0.15, -0.1) is 0 Å². The van der Waals surface area contributed by atoms with Crippen LogP contribution < -0.4 is 5.32 Å². The highest BCUT2D eigenvalue weighted by molar-refractivity contribution is 5.99. The second-order valence-electron chi connectivity index (χ2n) is 6.03. The number of nitrogens with zero attached hydrogens (tertiary/aromatic N) is 2. The Kier molecular flexibility index (Phi) is 5.23. The number of rotatable bonds is 4. The Balaban J connectivity index is 2.15. The van der Waals surface area contributed by atoms with Gasteiger partial charge in [0.1, 0.15) is 0 Å². The van der Waals surface area contributed by atoms with Crippen molar-refractivity contribution in [1.82, 2.24) is 9.80 Å². The summed E-state index contributed by atoms with van der Waals surface area (Å²) in [6, 6.07) is 6.36. The van der Waals surface area contributed by atoms with Crippen LogP contribution in [0.15, 0.2) is 18.2 Å². The van der Waals surface area contributed by atoms with E-state index in [4.69, 9.17) is 0 Å². The molecule has 4 heteroatoms. The summed E-state index contributed by atoms with van der Waals surface area (Å²) in [4.78, 5) is 17.1. The van der Waals surface area contributed by atoms with E-state index in [-0.39, 0.29) is 5.91 Å². The first kappa shape index (κ1) is 15.8. The van der Waals surface area contributed by atoms with Gasteiger partial charge < -0.3 is 15.1 Å². The Morgan fingerprint density at radius 3 is 2.67 bits per heavy atom. The number of hydrogen-bond acceptors (Lipinski definition) is 3. The quantitative estimate of drug-likeness (QED) is 0.925. The van der Waals surface area contributed by atoms with Crippen molar-refractivity contribution in [2.75, 3.05) is 39.0 Å². The van der Waals surface area contributed by atoms with Gasteiger partial charge in [-0.2, -0.15) is 0 Å². The molecule has 1 fully saturated rings. The zero-order valence-electron chi connectivity index (χ0n) is 13.6. The number of aryl methyl sites for hydroxylation is 1. The SMILES string of the molecule is CCNc1cc(C)ccc1C(=O)N(C)C1CCN(C)CC1. The molecular formula is C17H27N3O. The molecule has 2 rings (SSSR count). The number of nitrogens with one attached hydrogen (secondary N) is 1. The lowest BCUT2D eigenvalue weighted by atomic mass is 10.0. The maximum atomic E-state index is 12.8. The van der Waals surface area contributed by atoms with Gasteiger partial charge in [0, 0.05) is 25.3 Å². The molecule has 1 saturated heterocycles. The van der Waals surface area contributed by atoms with E-state index in [9.17, 15) is 4.79 Å². The number of likely N-dealkylation sites (tertiary alicyclic amines) is 1. The minimum absolute atomic E-state index is 0.125. The Bertz CT molecular complexity index is 493. The van der Waals surface area contributed by atoms with Crippen molar-refractivity contribution in [1.29, 1.82) is 0 Å². The second-order valence-corrected chi connectivity index (χ2v) is 6.03. The molecule has 0 aliphatic carbocycles. The number of piperidine rings is 1. The third-order valence-electron chi connectivity index (χ3n) is 4.33. The number of hydrogen-bond donors (Lipinski definition) is 1. The Morgan fingerprint density at radius 1 is 1.38 bits per heavy atom. The molecule has 4 nitrogen and oxygen atoms in total. The fourth-order valence-electron chi connectivity index (χ4n) is 2.92. The molecule has 0 radical (unpaired) electrons. The fraction of sp³-hybridized carbons (Fsp3) is 0.588. The first-order chi connectivity index (χ1) is 10.0. The van der Waals surface area contributed by atoms with Gasteiger partial charge in [0.15, 0.2) is 0 Å². The smallest absolute Gasteiger partial charge is 0.255 e. The molecule has 0 atom stereocenters. The average molecular weight is 289 g/mol. The third kappa shape index (κ3) is 3.76. The highest BCUT2D eigenvalue weighted by Crippen LogP contribution is 2.22. The van der Waals surface area contributed by atoms with Gasteiger partial charge in [0.2, 0.25) is 0 Å². The predicted molar refractivity (Wildman–Crippen MR) is 88.0 cm³/mol. The molecular weight excluding hydrogens is 262 g/mol. The lowest BCUT2D eigenvalue weighted by Crippen LogP contribution is -2.44. The molecule has 1 aromatic carbocycles. The van der Waals surface area contributed by atoms with Gasteiger partial charge in [-0.25, -0.2) is 0 Å². The van der Waals surface area contributed by atoms with E-state index in [2.05, 4.69) is 37.2 Å². The van der Waals surface area contributed by atoms with Crippen LogP contribution in [0.2, 0.25) is 0 Å². The second kappa shape index (κ2) is 6.94. The average Bonchev–Trinajstić information content (AvgIpc) is 2.47. The van der Waals surface area contributed by atoms with Crippen LogP contribution in [-0.2, 0) is 0 Å². The number of anilines is 1. The summed E-state index contributed by atoms with van der Waals surface area (Å²) in [6.07, 6.45) is 2.11. The monoisotopic (exact) mass is 289 g/mol. The standard InChI is InChI=1S/C17H27N3O/c1-5-18-16-12-13(2)6-7-15(16)17(21)20(4)14-8-10-19(3)11-9-14/h6-7,12,14,18H,5,8-11H2,1-4H3. The van der Waals surface area contributed by atoms with Crippen LogP contribution in [0.1, 0.15) is 35.7 Å². The van der Waals surface area contributed by atoms with Gasteiger partial charge in [-0.1, -0.05) is 6.07 Å². The van der Waals surface area contributed by atoms with Crippen LogP contribution in [0.3, 0.4) is 0 Å². The predicted octanol–water partition coefficient (Wildman–Crippen LogP) is 2.59. The highest BCUT2D eigenvalue weighted by Gasteiger charge is 2.25. The molecule has 0 unspecified atom stereocenters. The molecule has 0 bridgehead atoms. The first-order valence-corrected chi connectivity index (χ1v) is 7.83. The molecule has 0 aromatic heterocycles. The van der Waals surface area contributed by atoms with Crippen molar-refractivity contribution < 1.29 is 4.79 Å². The van der Waals surface area contributed by atoms with E-state index in [1.54, 1.807) is 0 Å². The van der Waals surface area contributed by atoms with Gasteiger partial charge >= 0.3 is 0 Å². The summed E-state index contributed by atoms with van der Waals surface area (Å²) in [5.74, 6) is 0.125. The topological polar surface area (TPSA) is 35.6 Å². The summed E-state index contributed by atoms with van der Waals surface area (Å²) in [7, 11) is 4.08. The van der Waals surface area contributed by atoms with Crippen LogP contribution >= 0.6 is 0 Å². The minimum atomic E-state index is 0.125.